The molecular weight excluding hydrogens is 238 g/mol. The third-order valence-corrected chi connectivity index (χ3v) is 4.38. The van der Waals surface area contributed by atoms with Crippen molar-refractivity contribution >= 4 is 0 Å². The second-order valence-corrected chi connectivity index (χ2v) is 5.68. The summed E-state index contributed by atoms with van der Waals surface area (Å²) in [6, 6.07) is 1.13. The van der Waals surface area contributed by atoms with Crippen LogP contribution in [-0.4, -0.2) is 68.3 Å². The average Bonchev–Trinajstić information content (AvgIpc) is 2.44. The first-order chi connectivity index (χ1) is 9.21. The highest BCUT2D eigenvalue weighted by atomic mass is 16.5. The van der Waals surface area contributed by atoms with Gasteiger partial charge in [-0.05, 0) is 38.8 Å². The highest BCUT2D eigenvalue weighted by molar-refractivity contribution is 4.76. The lowest BCUT2D eigenvalue weighted by molar-refractivity contribution is 0.0981. The molecule has 4 heteroatoms. The monoisotopic (exact) mass is 271 g/mol. The average molecular weight is 271 g/mol. The van der Waals surface area contributed by atoms with Crippen molar-refractivity contribution in [3.8, 4) is 0 Å². The largest absolute Gasteiger partial charge is 0.383 e. The minimum absolute atomic E-state index is 0.430. The normalized spacial score (nSPS) is 18.6. The van der Waals surface area contributed by atoms with Gasteiger partial charge in [0.1, 0.15) is 0 Å². The lowest BCUT2D eigenvalue weighted by atomic mass is 10.1. The summed E-state index contributed by atoms with van der Waals surface area (Å²) in [6.45, 7) is 11.1. The van der Waals surface area contributed by atoms with Crippen LogP contribution in [0.4, 0.5) is 0 Å². The summed E-state index contributed by atoms with van der Waals surface area (Å²) in [6.07, 6.45) is 4.77. The molecule has 0 aliphatic carbocycles. The van der Waals surface area contributed by atoms with Crippen molar-refractivity contribution in [3.05, 3.63) is 0 Å². The standard InChI is InChI=1S/C15H33N3O/c1-4-15(5-2)18(12-13-19-3)11-10-17-8-6-14(16)7-9-17/h14-15H,4-13,16H2,1-3H3. The van der Waals surface area contributed by atoms with Crippen molar-refractivity contribution in [1.29, 1.82) is 0 Å². The Morgan fingerprint density at radius 3 is 2.37 bits per heavy atom. The maximum Gasteiger partial charge on any atom is 0.0589 e. The molecule has 0 aromatic heterocycles. The maximum absolute atomic E-state index is 5.96. The fourth-order valence-corrected chi connectivity index (χ4v) is 2.94. The van der Waals surface area contributed by atoms with Crippen LogP contribution in [0.2, 0.25) is 0 Å². The summed E-state index contributed by atoms with van der Waals surface area (Å²) < 4.78 is 5.25. The lowest BCUT2D eigenvalue weighted by Gasteiger charge is -2.35. The zero-order valence-electron chi connectivity index (χ0n) is 13.1. The Morgan fingerprint density at radius 2 is 1.84 bits per heavy atom. The molecule has 0 amide bonds. The first-order valence-electron chi connectivity index (χ1n) is 7.92. The van der Waals surface area contributed by atoms with Crippen molar-refractivity contribution in [2.24, 2.45) is 5.73 Å². The van der Waals surface area contributed by atoms with E-state index in [9.17, 15) is 0 Å². The van der Waals surface area contributed by atoms with Gasteiger partial charge in [0.15, 0.2) is 0 Å². The van der Waals surface area contributed by atoms with Crippen LogP contribution in [-0.2, 0) is 4.74 Å². The van der Waals surface area contributed by atoms with Crippen LogP contribution in [0, 0.1) is 0 Å². The van der Waals surface area contributed by atoms with Gasteiger partial charge in [0.05, 0.1) is 6.61 Å². The van der Waals surface area contributed by atoms with Crippen molar-refractivity contribution in [2.45, 2.75) is 51.6 Å². The fourth-order valence-electron chi connectivity index (χ4n) is 2.94. The van der Waals surface area contributed by atoms with Gasteiger partial charge < -0.3 is 15.4 Å². The van der Waals surface area contributed by atoms with Crippen LogP contribution >= 0.6 is 0 Å². The molecule has 1 fully saturated rings. The molecule has 19 heavy (non-hydrogen) atoms. The summed E-state index contributed by atoms with van der Waals surface area (Å²) in [5.74, 6) is 0. The first kappa shape index (κ1) is 16.9. The van der Waals surface area contributed by atoms with Gasteiger partial charge in [0, 0.05) is 38.8 Å². The molecule has 2 N–H and O–H groups in total. The van der Waals surface area contributed by atoms with Gasteiger partial charge in [-0.2, -0.15) is 0 Å². The highest BCUT2D eigenvalue weighted by Crippen LogP contribution is 2.11. The minimum atomic E-state index is 0.430. The SMILES string of the molecule is CCC(CC)N(CCOC)CCN1CCC(N)CC1. The molecule has 1 heterocycles. The molecule has 1 aliphatic heterocycles. The van der Waals surface area contributed by atoms with E-state index in [1.807, 2.05) is 0 Å². The van der Waals surface area contributed by atoms with Gasteiger partial charge in [0.25, 0.3) is 0 Å². The zero-order chi connectivity index (χ0) is 14.1. The van der Waals surface area contributed by atoms with Crippen molar-refractivity contribution < 1.29 is 4.74 Å². The Bertz CT molecular complexity index is 213. The van der Waals surface area contributed by atoms with E-state index >= 15 is 0 Å². The quantitative estimate of drug-likeness (QED) is 0.691. The van der Waals surface area contributed by atoms with Gasteiger partial charge in [-0.25, -0.2) is 0 Å². The number of likely N-dealkylation sites (tertiary alicyclic amines) is 1. The highest BCUT2D eigenvalue weighted by Gasteiger charge is 2.19. The van der Waals surface area contributed by atoms with Crippen LogP contribution in [0.25, 0.3) is 0 Å². The Kier molecular flexibility index (Phi) is 8.62. The lowest BCUT2D eigenvalue weighted by Crippen LogP contribution is -2.45. The summed E-state index contributed by atoms with van der Waals surface area (Å²) in [5, 5.41) is 0. The maximum atomic E-state index is 5.96. The predicted octanol–water partition coefficient (Wildman–Crippen LogP) is 1.55. The Hall–Kier alpha value is -0.160. The van der Waals surface area contributed by atoms with Gasteiger partial charge >= 0.3 is 0 Å². The van der Waals surface area contributed by atoms with E-state index in [1.165, 1.54) is 32.5 Å². The molecule has 4 nitrogen and oxygen atoms in total. The van der Waals surface area contributed by atoms with E-state index in [4.69, 9.17) is 10.5 Å². The fraction of sp³-hybridized carbons (Fsp3) is 1.00. The topological polar surface area (TPSA) is 41.7 Å². The van der Waals surface area contributed by atoms with Gasteiger partial charge in [0.2, 0.25) is 0 Å². The molecule has 114 valence electrons. The predicted molar refractivity (Wildman–Crippen MR) is 81.5 cm³/mol. The van der Waals surface area contributed by atoms with E-state index in [2.05, 4.69) is 23.6 Å². The molecule has 1 aliphatic rings. The van der Waals surface area contributed by atoms with Gasteiger partial charge in [-0.3, -0.25) is 4.90 Å². The third kappa shape index (κ3) is 6.21. The second kappa shape index (κ2) is 9.70. The molecule has 0 radical (unpaired) electrons. The van der Waals surface area contributed by atoms with Crippen LogP contribution in [0.3, 0.4) is 0 Å². The van der Waals surface area contributed by atoms with Crippen LogP contribution < -0.4 is 5.73 Å². The zero-order valence-corrected chi connectivity index (χ0v) is 13.1. The summed E-state index contributed by atoms with van der Waals surface area (Å²) >= 11 is 0. The summed E-state index contributed by atoms with van der Waals surface area (Å²) in [4.78, 5) is 5.16. The number of hydrogen-bond acceptors (Lipinski definition) is 4. The van der Waals surface area contributed by atoms with Gasteiger partial charge in [-0.15, -0.1) is 0 Å². The van der Waals surface area contributed by atoms with E-state index in [1.54, 1.807) is 7.11 Å². The van der Waals surface area contributed by atoms with Crippen LogP contribution in [0.15, 0.2) is 0 Å². The first-order valence-corrected chi connectivity index (χ1v) is 7.92. The Labute approximate surface area is 119 Å². The van der Waals surface area contributed by atoms with Crippen molar-refractivity contribution in [3.63, 3.8) is 0 Å². The molecule has 0 bridgehead atoms. The molecular formula is C15H33N3O. The van der Waals surface area contributed by atoms with Gasteiger partial charge in [-0.1, -0.05) is 13.8 Å². The number of hydrogen-bond donors (Lipinski definition) is 1. The van der Waals surface area contributed by atoms with E-state index in [0.717, 1.165) is 32.5 Å². The number of nitrogens with zero attached hydrogens (tertiary/aromatic N) is 2. The van der Waals surface area contributed by atoms with Crippen molar-refractivity contribution in [1.82, 2.24) is 9.80 Å². The van der Waals surface area contributed by atoms with E-state index < -0.39 is 0 Å². The smallest absolute Gasteiger partial charge is 0.0589 e. The number of ether oxygens (including phenoxy) is 1. The van der Waals surface area contributed by atoms with Crippen LogP contribution in [0.1, 0.15) is 39.5 Å². The second-order valence-electron chi connectivity index (χ2n) is 5.68. The third-order valence-electron chi connectivity index (χ3n) is 4.38. The van der Waals surface area contributed by atoms with Crippen LogP contribution in [0.5, 0.6) is 0 Å². The van der Waals surface area contributed by atoms with E-state index in [-0.39, 0.29) is 0 Å². The number of rotatable bonds is 9. The molecule has 0 saturated carbocycles. The van der Waals surface area contributed by atoms with E-state index in [0.29, 0.717) is 12.1 Å². The number of piperidine rings is 1. The number of methoxy groups -OCH3 is 1. The molecule has 0 aromatic rings. The summed E-state index contributed by atoms with van der Waals surface area (Å²) in [5.41, 5.74) is 5.96. The number of nitrogens with two attached hydrogens (primary N) is 1. The molecule has 0 spiro atoms. The van der Waals surface area contributed by atoms with Crippen molar-refractivity contribution in [2.75, 3.05) is 46.4 Å². The Morgan fingerprint density at radius 1 is 1.21 bits per heavy atom. The Balaban J connectivity index is 2.34. The molecule has 0 atom stereocenters. The molecule has 0 unspecified atom stereocenters. The minimum Gasteiger partial charge on any atom is -0.383 e. The summed E-state index contributed by atoms with van der Waals surface area (Å²) in [7, 11) is 1.79. The molecule has 0 aromatic carbocycles. The molecule has 1 rings (SSSR count). The molecule has 1 saturated heterocycles.